The minimum Gasteiger partial charge on any atom is -0.476 e. The molecule has 0 aliphatic rings. The van der Waals surface area contributed by atoms with Gasteiger partial charge in [0, 0.05) is 25.2 Å². The van der Waals surface area contributed by atoms with Crippen molar-refractivity contribution in [2.75, 3.05) is 27.2 Å². The molecule has 166 valence electrons. The molecule has 4 nitrogen and oxygen atoms in total. The highest BCUT2D eigenvalue weighted by molar-refractivity contribution is 6.70. The minimum absolute atomic E-state index is 0.0326. The van der Waals surface area contributed by atoms with Crippen LogP contribution in [0.25, 0.3) is 0 Å². The average molecular weight is 428 g/mol. The highest BCUT2D eigenvalue weighted by Gasteiger charge is 2.28. The van der Waals surface area contributed by atoms with E-state index in [0.717, 1.165) is 17.7 Å². The summed E-state index contributed by atoms with van der Waals surface area (Å²) in [6, 6.07) is 27.9. The molecule has 0 fully saturated rings. The quantitative estimate of drug-likeness (QED) is 0.450. The number of likely N-dealkylation sites (N-methyl/N-ethyl adjacent to an activating group) is 1. The zero-order chi connectivity index (χ0) is 22.9. The smallest absolute Gasteiger partial charge is 0.268 e. The Labute approximate surface area is 192 Å². The van der Waals surface area contributed by atoms with Gasteiger partial charge in [-0.3, -0.25) is 4.79 Å². The van der Waals surface area contributed by atoms with E-state index in [9.17, 15) is 4.79 Å². The lowest BCUT2D eigenvalue weighted by Crippen LogP contribution is -2.40. The van der Waals surface area contributed by atoms with Gasteiger partial charge in [0.25, 0.3) is 5.91 Å². The van der Waals surface area contributed by atoms with Gasteiger partial charge in [0.05, 0.1) is 0 Å². The van der Waals surface area contributed by atoms with Crippen LogP contribution < -0.4 is 10.2 Å². The minimum atomic E-state index is -0.702. The Hall–Kier alpha value is -3.05. The Morgan fingerprint density at radius 1 is 0.844 bits per heavy atom. The SMILES string of the molecule is CB(C)c1ccc(OC(C(=O)N(CCN(C)C)Cc2ccccc2)c2ccccc2)cc1. The molecule has 0 aromatic heterocycles. The summed E-state index contributed by atoms with van der Waals surface area (Å²) in [5, 5.41) is 0. The van der Waals surface area contributed by atoms with Gasteiger partial charge >= 0.3 is 0 Å². The maximum atomic E-state index is 13.8. The van der Waals surface area contributed by atoms with Crippen LogP contribution in [0.3, 0.4) is 0 Å². The van der Waals surface area contributed by atoms with Crippen LogP contribution in [-0.2, 0) is 11.3 Å². The maximum Gasteiger partial charge on any atom is 0.268 e. The molecule has 0 saturated carbocycles. The third kappa shape index (κ3) is 6.73. The normalized spacial score (nSPS) is 11.8. The zero-order valence-corrected chi connectivity index (χ0v) is 19.6. The molecular formula is C27H33BN2O2. The predicted molar refractivity (Wildman–Crippen MR) is 134 cm³/mol. The molecule has 1 amide bonds. The third-order valence-corrected chi connectivity index (χ3v) is 5.47. The summed E-state index contributed by atoms with van der Waals surface area (Å²) in [6.45, 7) is 6.73. The largest absolute Gasteiger partial charge is 0.476 e. The number of rotatable bonds is 10. The van der Waals surface area contributed by atoms with E-state index in [1.807, 2.05) is 79.7 Å². The second-order valence-electron chi connectivity index (χ2n) is 8.68. The van der Waals surface area contributed by atoms with E-state index in [4.69, 9.17) is 4.74 Å². The Bertz CT molecular complexity index is 960. The monoisotopic (exact) mass is 428 g/mol. The molecule has 3 rings (SSSR count). The maximum absolute atomic E-state index is 13.8. The molecule has 32 heavy (non-hydrogen) atoms. The highest BCUT2D eigenvalue weighted by atomic mass is 16.5. The van der Waals surface area contributed by atoms with Crippen LogP contribution in [0.2, 0.25) is 13.6 Å². The van der Waals surface area contributed by atoms with Crippen LogP contribution in [0.1, 0.15) is 17.2 Å². The number of hydrogen-bond acceptors (Lipinski definition) is 3. The van der Waals surface area contributed by atoms with Crippen molar-refractivity contribution in [3.63, 3.8) is 0 Å². The first-order valence-electron chi connectivity index (χ1n) is 11.2. The van der Waals surface area contributed by atoms with E-state index in [0.29, 0.717) is 25.6 Å². The zero-order valence-electron chi connectivity index (χ0n) is 19.6. The molecule has 0 aliphatic carbocycles. The van der Waals surface area contributed by atoms with E-state index in [1.54, 1.807) is 0 Å². The molecule has 0 heterocycles. The molecule has 3 aromatic carbocycles. The van der Waals surface area contributed by atoms with Crippen LogP contribution in [0.4, 0.5) is 0 Å². The average Bonchev–Trinajstić information content (AvgIpc) is 2.81. The van der Waals surface area contributed by atoms with E-state index >= 15 is 0 Å². The van der Waals surface area contributed by atoms with Crippen LogP contribution in [0.5, 0.6) is 5.75 Å². The Morgan fingerprint density at radius 3 is 2.00 bits per heavy atom. The summed E-state index contributed by atoms with van der Waals surface area (Å²) in [6.07, 6.45) is -0.702. The fourth-order valence-electron chi connectivity index (χ4n) is 3.51. The van der Waals surface area contributed by atoms with Crippen molar-refractivity contribution >= 4 is 18.1 Å². The topological polar surface area (TPSA) is 32.8 Å². The summed E-state index contributed by atoms with van der Waals surface area (Å²) >= 11 is 0. The molecule has 3 aromatic rings. The van der Waals surface area contributed by atoms with Crippen molar-refractivity contribution in [1.29, 1.82) is 0 Å². The van der Waals surface area contributed by atoms with E-state index < -0.39 is 6.10 Å². The van der Waals surface area contributed by atoms with Gasteiger partial charge in [0.2, 0.25) is 6.10 Å². The number of carbonyl (C=O) groups is 1. The first-order valence-corrected chi connectivity index (χ1v) is 11.2. The van der Waals surface area contributed by atoms with Gasteiger partial charge in [-0.1, -0.05) is 91.9 Å². The van der Waals surface area contributed by atoms with Crippen LogP contribution in [0, 0.1) is 0 Å². The van der Waals surface area contributed by atoms with Gasteiger partial charge in [-0.25, -0.2) is 0 Å². The van der Waals surface area contributed by atoms with Gasteiger partial charge in [-0.05, 0) is 31.8 Å². The van der Waals surface area contributed by atoms with Gasteiger partial charge < -0.3 is 14.5 Å². The molecule has 0 saturated heterocycles. The fourth-order valence-corrected chi connectivity index (χ4v) is 3.51. The Morgan fingerprint density at radius 2 is 1.44 bits per heavy atom. The first-order chi connectivity index (χ1) is 15.4. The lowest BCUT2D eigenvalue weighted by molar-refractivity contribution is -0.140. The number of ether oxygens (including phenoxy) is 1. The van der Waals surface area contributed by atoms with Crippen molar-refractivity contribution < 1.29 is 9.53 Å². The van der Waals surface area contributed by atoms with Crippen molar-refractivity contribution in [3.8, 4) is 5.75 Å². The second kappa shape index (κ2) is 11.5. The molecule has 1 unspecified atom stereocenters. The van der Waals surface area contributed by atoms with Crippen LogP contribution in [-0.4, -0.2) is 49.6 Å². The molecule has 0 spiro atoms. The Kier molecular flexibility index (Phi) is 8.52. The van der Waals surface area contributed by atoms with Crippen molar-refractivity contribution in [2.24, 2.45) is 0 Å². The summed E-state index contributed by atoms with van der Waals surface area (Å²) in [5.74, 6) is 0.665. The van der Waals surface area contributed by atoms with Crippen LogP contribution >= 0.6 is 0 Å². The van der Waals surface area contributed by atoms with E-state index in [2.05, 4.69) is 42.8 Å². The molecule has 0 radical (unpaired) electrons. The lowest BCUT2D eigenvalue weighted by Gasteiger charge is -2.29. The summed E-state index contributed by atoms with van der Waals surface area (Å²) in [5.41, 5.74) is 3.21. The lowest BCUT2D eigenvalue weighted by atomic mass is 9.49. The molecule has 0 N–H and O–H groups in total. The van der Waals surface area contributed by atoms with E-state index in [1.165, 1.54) is 5.46 Å². The molecular weight excluding hydrogens is 395 g/mol. The van der Waals surface area contributed by atoms with Crippen LogP contribution in [0.15, 0.2) is 84.9 Å². The Balaban J connectivity index is 1.88. The molecule has 0 aliphatic heterocycles. The van der Waals surface area contributed by atoms with E-state index in [-0.39, 0.29) is 5.91 Å². The summed E-state index contributed by atoms with van der Waals surface area (Å²) in [4.78, 5) is 17.8. The van der Waals surface area contributed by atoms with Crippen molar-refractivity contribution in [1.82, 2.24) is 9.80 Å². The predicted octanol–water partition coefficient (Wildman–Crippen LogP) is 4.36. The number of nitrogens with zero attached hydrogens (tertiary/aromatic N) is 2. The van der Waals surface area contributed by atoms with Crippen molar-refractivity contribution in [3.05, 3.63) is 96.1 Å². The third-order valence-electron chi connectivity index (χ3n) is 5.47. The standard InChI is InChI=1S/C27H33BN2O2/c1-28(2)24-15-17-25(18-16-24)32-26(23-13-9-6-10-14-23)27(31)30(20-19-29(3)4)21-22-11-7-5-8-12-22/h5-18,26H,19-21H2,1-4H3. The number of benzene rings is 3. The van der Waals surface area contributed by atoms with Crippen molar-refractivity contribution in [2.45, 2.75) is 26.3 Å². The molecule has 5 heteroatoms. The number of carbonyl (C=O) groups excluding carboxylic acids is 1. The van der Waals surface area contributed by atoms with Gasteiger partial charge in [-0.2, -0.15) is 0 Å². The summed E-state index contributed by atoms with van der Waals surface area (Å²) < 4.78 is 6.32. The molecule has 0 bridgehead atoms. The number of hydrogen-bond donors (Lipinski definition) is 0. The number of amides is 1. The van der Waals surface area contributed by atoms with Gasteiger partial charge in [0.15, 0.2) is 6.71 Å². The molecule has 1 atom stereocenters. The fraction of sp³-hybridized carbons (Fsp3) is 0.296. The highest BCUT2D eigenvalue weighted by Crippen LogP contribution is 2.24. The second-order valence-corrected chi connectivity index (χ2v) is 8.68. The van der Waals surface area contributed by atoms with Gasteiger partial charge in [-0.15, -0.1) is 0 Å². The summed E-state index contributed by atoms with van der Waals surface area (Å²) in [7, 11) is 4.04. The van der Waals surface area contributed by atoms with Gasteiger partial charge in [0.1, 0.15) is 5.75 Å². The first kappa shape index (κ1) is 23.6.